The summed E-state index contributed by atoms with van der Waals surface area (Å²) in [6, 6.07) is 17.1. The standard InChI is InChI=1S/C18H20ClNO3S/c1-24(22,23)12-11-20-18(21)13-17(14-5-3-2-4-6-14)15-7-9-16(19)10-8-15/h2-10,17H,11-13H2,1H3,(H,20,21)/t17-/m1/s1. The molecule has 128 valence electrons. The van der Waals surface area contributed by atoms with Crippen molar-refractivity contribution in [3.8, 4) is 0 Å². The van der Waals surface area contributed by atoms with Gasteiger partial charge in [0.2, 0.25) is 5.91 Å². The van der Waals surface area contributed by atoms with Gasteiger partial charge in [0, 0.05) is 30.2 Å². The Morgan fingerprint density at radius 3 is 2.21 bits per heavy atom. The second-order valence-corrected chi connectivity index (χ2v) is 8.39. The second kappa shape index (κ2) is 8.31. The smallest absolute Gasteiger partial charge is 0.220 e. The molecule has 0 bridgehead atoms. The maximum atomic E-state index is 12.2. The van der Waals surface area contributed by atoms with Gasteiger partial charge in [-0.25, -0.2) is 8.42 Å². The van der Waals surface area contributed by atoms with Crippen molar-refractivity contribution in [1.82, 2.24) is 5.32 Å². The molecule has 0 spiro atoms. The van der Waals surface area contributed by atoms with Gasteiger partial charge in [0.25, 0.3) is 0 Å². The quantitative estimate of drug-likeness (QED) is 0.820. The molecule has 2 aromatic carbocycles. The van der Waals surface area contributed by atoms with Gasteiger partial charge in [0.1, 0.15) is 9.84 Å². The van der Waals surface area contributed by atoms with Crippen molar-refractivity contribution >= 4 is 27.3 Å². The highest BCUT2D eigenvalue weighted by Crippen LogP contribution is 2.28. The fraction of sp³-hybridized carbons (Fsp3) is 0.278. The summed E-state index contributed by atoms with van der Waals surface area (Å²) >= 11 is 5.94. The molecule has 0 saturated heterocycles. The zero-order valence-electron chi connectivity index (χ0n) is 13.4. The van der Waals surface area contributed by atoms with E-state index in [4.69, 9.17) is 11.6 Å². The van der Waals surface area contributed by atoms with Crippen LogP contribution in [0.15, 0.2) is 54.6 Å². The molecular formula is C18H20ClNO3S. The number of hydrogen-bond donors (Lipinski definition) is 1. The molecular weight excluding hydrogens is 346 g/mol. The number of sulfone groups is 1. The van der Waals surface area contributed by atoms with E-state index in [1.165, 1.54) is 0 Å². The summed E-state index contributed by atoms with van der Waals surface area (Å²) in [5, 5.41) is 3.32. The van der Waals surface area contributed by atoms with E-state index in [1.54, 1.807) is 12.1 Å². The zero-order chi connectivity index (χ0) is 17.6. The Labute approximate surface area is 147 Å². The van der Waals surface area contributed by atoms with E-state index in [1.807, 2.05) is 42.5 Å². The Morgan fingerprint density at radius 1 is 1.04 bits per heavy atom. The van der Waals surface area contributed by atoms with E-state index in [2.05, 4.69) is 5.32 Å². The number of nitrogens with one attached hydrogen (secondary N) is 1. The Morgan fingerprint density at radius 2 is 1.62 bits per heavy atom. The van der Waals surface area contributed by atoms with Crippen LogP contribution in [0.2, 0.25) is 5.02 Å². The van der Waals surface area contributed by atoms with E-state index in [9.17, 15) is 13.2 Å². The molecule has 0 heterocycles. The fourth-order valence-corrected chi connectivity index (χ4v) is 3.04. The van der Waals surface area contributed by atoms with E-state index < -0.39 is 9.84 Å². The van der Waals surface area contributed by atoms with Crippen LogP contribution in [0.1, 0.15) is 23.5 Å². The molecule has 24 heavy (non-hydrogen) atoms. The van der Waals surface area contributed by atoms with Gasteiger partial charge >= 0.3 is 0 Å². The molecule has 0 aliphatic carbocycles. The maximum absolute atomic E-state index is 12.2. The molecule has 0 radical (unpaired) electrons. The van der Waals surface area contributed by atoms with Crippen LogP contribution in [0.3, 0.4) is 0 Å². The van der Waals surface area contributed by atoms with Gasteiger partial charge in [-0.15, -0.1) is 0 Å². The number of rotatable bonds is 7. The van der Waals surface area contributed by atoms with Crippen molar-refractivity contribution in [3.63, 3.8) is 0 Å². The van der Waals surface area contributed by atoms with Crippen molar-refractivity contribution < 1.29 is 13.2 Å². The van der Waals surface area contributed by atoms with Gasteiger partial charge in [0.05, 0.1) is 5.75 Å². The predicted molar refractivity (Wildman–Crippen MR) is 97.1 cm³/mol. The highest BCUT2D eigenvalue weighted by Gasteiger charge is 2.18. The third-order valence-electron chi connectivity index (χ3n) is 3.66. The second-order valence-electron chi connectivity index (χ2n) is 5.70. The molecule has 0 saturated carbocycles. The van der Waals surface area contributed by atoms with Crippen LogP contribution in [-0.4, -0.2) is 32.9 Å². The van der Waals surface area contributed by atoms with E-state index >= 15 is 0 Å². The lowest BCUT2D eigenvalue weighted by molar-refractivity contribution is -0.121. The van der Waals surface area contributed by atoms with Gasteiger partial charge in [0.15, 0.2) is 0 Å². The summed E-state index contributed by atoms with van der Waals surface area (Å²) in [6.45, 7) is 0.125. The molecule has 4 nitrogen and oxygen atoms in total. The molecule has 1 amide bonds. The highest BCUT2D eigenvalue weighted by molar-refractivity contribution is 7.90. The van der Waals surface area contributed by atoms with Crippen LogP contribution in [0.4, 0.5) is 0 Å². The molecule has 2 rings (SSSR count). The van der Waals surface area contributed by atoms with Crippen LogP contribution in [-0.2, 0) is 14.6 Å². The minimum Gasteiger partial charge on any atom is -0.355 e. The molecule has 0 unspecified atom stereocenters. The first-order valence-electron chi connectivity index (χ1n) is 7.60. The van der Waals surface area contributed by atoms with Crippen molar-refractivity contribution in [2.24, 2.45) is 0 Å². The van der Waals surface area contributed by atoms with Gasteiger partial charge in [-0.05, 0) is 23.3 Å². The summed E-state index contributed by atoms with van der Waals surface area (Å²) in [4.78, 5) is 12.2. The van der Waals surface area contributed by atoms with Crippen molar-refractivity contribution in [2.75, 3.05) is 18.6 Å². The van der Waals surface area contributed by atoms with Crippen LogP contribution < -0.4 is 5.32 Å². The lowest BCUT2D eigenvalue weighted by atomic mass is 9.88. The summed E-state index contributed by atoms with van der Waals surface area (Å²) in [7, 11) is -3.09. The predicted octanol–water partition coefficient (Wildman–Crippen LogP) is 3.02. The first-order valence-corrected chi connectivity index (χ1v) is 10.0. The summed E-state index contributed by atoms with van der Waals surface area (Å²) in [6.07, 6.45) is 1.40. The number of hydrogen-bond acceptors (Lipinski definition) is 3. The molecule has 0 fully saturated rings. The topological polar surface area (TPSA) is 63.2 Å². The Kier molecular flexibility index (Phi) is 6.40. The average molecular weight is 366 g/mol. The number of halogens is 1. The first kappa shape index (κ1) is 18.5. The third kappa shape index (κ3) is 5.98. The maximum Gasteiger partial charge on any atom is 0.220 e. The molecule has 1 N–H and O–H groups in total. The minimum atomic E-state index is -3.09. The minimum absolute atomic E-state index is 0.0598. The number of carbonyl (C=O) groups excluding carboxylic acids is 1. The summed E-state index contributed by atoms with van der Waals surface area (Å²) in [5.74, 6) is -0.348. The lowest BCUT2D eigenvalue weighted by Gasteiger charge is -2.18. The molecule has 0 aliphatic rings. The molecule has 0 aliphatic heterocycles. The Balaban J connectivity index is 2.12. The van der Waals surface area contributed by atoms with Crippen LogP contribution in [0.5, 0.6) is 0 Å². The van der Waals surface area contributed by atoms with Crippen LogP contribution >= 0.6 is 11.6 Å². The van der Waals surface area contributed by atoms with Crippen molar-refractivity contribution in [1.29, 1.82) is 0 Å². The summed E-state index contributed by atoms with van der Waals surface area (Å²) in [5.41, 5.74) is 2.02. The van der Waals surface area contributed by atoms with E-state index in [0.717, 1.165) is 17.4 Å². The van der Waals surface area contributed by atoms with Crippen LogP contribution in [0, 0.1) is 0 Å². The van der Waals surface area contributed by atoms with E-state index in [0.29, 0.717) is 5.02 Å². The van der Waals surface area contributed by atoms with Crippen molar-refractivity contribution in [3.05, 3.63) is 70.7 Å². The Bertz CT molecular complexity index is 774. The Hall–Kier alpha value is -1.85. The highest BCUT2D eigenvalue weighted by atomic mass is 35.5. The normalized spacial score (nSPS) is 12.6. The van der Waals surface area contributed by atoms with Gasteiger partial charge in [-0.3, -0.25) is 4.79 Å². The monoisotopic (exact) mass is 365 g/mol. The first-order chi connectivity index (χ1) is 11.3. The van der Waals surface area contributed by atoms with Gasteiger partial charge < -0.3 is 5.32 Å². The largest absolute Gasteiger partial charge is 0.355 e. The zero-order valence-corrected chi connectivity index (χ0v) is 15.0. The van der Waals surface area contributed by atoms with Gasteiger partial charge in [-0.2, -0.15) is 0 Å². The SMILES string of the molecule is CS(=O)(=O)CCNC(=O)C[C@H](c1ccccc1)c1ccc(Cl)cc1. The van der Waals surface area contributed by atoms with Crippen LogP contribution in [0.25, 0.3) is 0 Å². The average Bonchev–Trinajstić information content (AvgIpc) is 2.53. The fourth-order valence-electron chi connectivity index (χ4n) is 2.44. The molecule has 6 heteroatoms. The number of benzene rings is 2. The molecule has 0 aromatic heterocycles. The third-order valence-corrected chi connectivity index (χ3v) is 4.86. The van der Waals surface area contributed by atoms with E-state index in [-0.39, 0.29) is 30.5 Å². The lowest BCUT2D eigenvalue weighted by Crippen LogP contribution is -2.30. The molecule has 1 atom stereocenters. The number of carbonyl (C=O) groups is 1. The summed E-state index contributed by atoms with van der Waals surface area (Å²) < 4.78 is 22.3. The number of amides is 1. The van der Waals surface area contributed by atoms with Gasteiger partial charge in [-0.1, -0.05) is 54.1 Å². The van der Waals surface area contributed by atoms with Crippen molar-refractivity contribution in [2.45, 2.75) is 12.3 Å². The molecule has 2 aromatic rings.